The minimum Gasteiger partial charge on any atom is -0.463 e. The molecule has 2 heterocycles. The van der Waals surface area contributed by atoms with Crippen LogP contribution in [0.25, 0.3) is 0 Å². The number of nitrogens with two attached hydrogens (primary N) is 1. The van der Waals surface area contributed by atoms with Gasteiger partial charge in [0, 0.05) is 18.9 Å². The van der Waals surface area contributed by atoms with Gasteiger partial charge in [0.2, 0.25) is 0 Å². The number of hydrogen-bond donors (Lipinski definition) is 1. The molecule has 1 aromatic rings. The summed E-state index contributed by atoms with van der Waals surface area (Å²) < 4.78 is 11.5. The molecule has 2 rings (SSSR count). The molecule has 3 heteroatoms. The molecule has 15 heavy (non-hydrogen) atoms. The molecule has 84 valence electrons. The van der Waals surface area contributed by atoms with Crippen molar-refractivity contribution in [2.75, 3.05) is 13.2 Å². The van der Waals surface area contributed by atoms with Gasteiger partial charge in [-0.15, -0.1) is 0 Å². The molecule has 2 atom stereocenters. The molecule has 2 N–H and O–H groups in total. The summed E-state index contributed by atoms with van der Waals surface area (Å²) in [6.07, 6.45) is 3.26. The molecule has 3 nitrogen and oxygen atoms in total. The van der Waals surface area contributed by atoms with Gasteiger partial charge in [-0.25, -0.2) is 0 Å². The number of hydrogen-bond acceptors (Lipinski definition) is 3. The third-order valence-electron chi connectivity index (χ3n) is 3.06. The Bertz CT molecular complexity index is 308. The van der Waals surface area contributed by atoms with Gasteiger partial charge in [-0.1, -0.05) is 6.92 Å². The normalized spacial score (nSPS) is 26.8. The van der Waals surface area contributed by atoms with E-state index in [1.807, 2.05) is 12.1 Å². The van der Waals surface area contributed by atoms with Crippen molar-refractivity contribution in [2.24, 2.45) is 11.7 Å². The molecule has 0 radical (unpaired) electrons. The Morgan fingerprint density at radius 1 is 1.47 bits per heavy atom. The van der Waals surface area contributed by atoms with E-state index >= 15 is 0 Å². The molecule has 1 aromatic heterocycles. The van der Waals surface area contributed by atoms with Gasteiger partial charge in [-0.3, -0.25) is 0 Å². The summed E-state index contributed by atoms with van der Waals surface area (Å²) in [6, 6.07) is 4.05. The summed E-state index contributed by atoms with van der Waals surface area (Å²) >= 11 is 0. The van der Waals surface area contributed by atoms with Crippen molar-refractivity contribution in [1.82, 2.24) is 0 Å². The molecule has 1 aliphatic rings. The van der Waals surface area contributed by atoms with Gasteiger partial charge >= 0.3 is 0 Å². The van der Waals surface area contributed by atoms with Gasteiger partial charge in [0.1, 0.15) is 17.6 Å². The molecule has 0 aromatic carbocycles. The van der Waals surface area contributed by atoms with E-state index in [2.05, 4.69) is 6.92 Å². The molecule has 1 aliphatic heterocycles. The molecule has 0 aliphatic carbocycles. The van der Waals surface area contributed by atoms with Crippen LogP contribution in [0.3, 0.4) is 0 Å². The fraction of sp³-hybridized carbons (Fsp3) is 0.667. The molecule has 0 spiro atoms. The fourth-order valence-electron chi connectivity index (χ4n) is 2.14. The summed E-state index contributed by atoms with van der Waals surface area (Å²) in [7, 11) is 0. The standard InChI is InChI=1S/C12H19NO2/c1-2-10-5-6-11(15-10)12-9(8-13)4-3-7-14-12/h5-6,9,12H,2-4,7-8,13H2,1H3. The van der Waals surface area contributed by atoms with Crippen LogP contribution in [0, 0.1) is 5.92 Å². The second-order valence-electron chi connectivity index (χ2n) is 4.09. The van der Waals surface area contributed by atoms with E-state index < -0.39 is 0 Å². The largest absolute Gasteiger partial charge is 0.463 e. The van der Waals surface area contributed by atoms with E-state index in [1.54, 1.807) is 0 Å². The zero-order chi connectivity index (χ0) is 10.7. The first-order valence-electron chi connectivity index (χ1n) is 5.75. The van der Waals surface area contributed by atoms with Gasteiger partial charge < -0.3 is 14.9 Å². The Morgan fingerprint density at radius 3 is 3.00 bits per heavy atom. The highest BCUT2D eigenvalue weighted by Gasteiger charge is 2.28. The lowest BCUT2D eigenvalue weighted by Crippen LogP contribution is -2.28. The summed E-state index contributed by atoms with van der Waals surface area (Å²) in [6.45, 7) is 3.58. The van der Waals surface area contributed by atoms with E-state index in [4.69, 9.17) is 14.9 Å². The highest BCUT2D eigenvalue weighted by atomic mass is 16.5. The second-order valence-corrected chi connectivity index (χ2v) is 4.09. The highest BCUT2D eigenvalue weighted by molar-refractivity contribution is 5.11. The smallest absolute Gasteiger partial charge is 0.133 e. The van der Waals surface area contributed by atoms with Gasteiger partial charge in [-0.05, 0) is 31.5 Å². The summed E-state index contributed by atoms with van der Waals surface area (Å²) in [4.78, 5) is 0. The number of rotatable bonds is 3. The maximum atomic E-state index is 5.75. The van der Waals surface area contributed by atoms with Gasteiger partial charge in [-0.2, -0.15) is 0 Å². The zero-order valence-electron chi connectivity index (χ0n) is 9.24. The highest BCUT2D eigenvalue weighted by Crippen LogP contribution is 2.33. The average Bonchev–Trinajstić information content (AvgIpc) is 2.77. The lowest BCUT2D eigenvalue weighted by atomic mass is 9.93. The molecule has 0 saturated carbocycles. The minimum atomic E-state index is 0.0732. The Kier molecular flexibility index (Phi) is 3.44. The van der Waals surface area contributed by atoms with Crippen LogP contribution in [0.1, 0.15) is 37.4 Å². The van der Waals surface area contributed by atoms with Crippen LogP contribution >= 0.6 is 0 Å². The predicted molar refractivity (Wildman–Crippen MR) is 58.6 cm³/mol. The van der Waals surface area contributed by atoms with Gasteiger partial charge in [0.15, 0.2) is 0 Å². The Labute approximate surface area is 90.6 Å². The molecule has 0 amide bonds. The van der Waals surface area contributed by atoms with Gasteiger partial charge in [0.25, 0.3) is 0 Å². The summed E-state index contributed by atoms with van der Waals surface area (Å²) in [5.41, 5.74) is 5.75. The van der Waals surface area contributed by atoms with Crippen molar-refractivity contribution >= 4 is 0 Å². The fourth-order valence-corrected chi connectivity index (χ4v) is 2.14. The van der Waals surface area contributed by atoms with Crippen LogP contribution < -0.4 is 5.73 Å². The Balaban J connectivity index is 2.12. The molecule has 0 bridgehead atoms. The maximum absolute atomic E-state index is 5.75. The summed E-state index contributed by atoms with van der Waals surface area (Å²) in [5.74, 6) is 2.38. The number of furan rings is 1. The van der Waals surface area contributed by atoms with Crippen LogP contribution in [0.15, 0.2) is 16.5 Å². The maximum Gasteiger partial charge on any atom is 0.133 e. The first-order valence-corrected chi connectivity index (χ1v) is 5.75. The van der Waals surface area contributed by atoms with Gasteiger partial charge in [0.05, 0.1) is 0 Å². The molecular weight excluding hydrogens is 190 g/mol. The van der Waals surface area contributed by atoms with Crippen molar-refractivity contribution in [1.29, 1.82) is 0 Å². The van der Waals surface area contributed by atoms with Crippen LogP contribution in [-0.2, 0) is 11.2 Å². The predicted octanol–water partition coefficient (Wildman–Crippen LogP) is 2.27. The monoisotopic (exact) mass is 209 g/mol. The molecular formula is C12H19NO2. The zero-order valence-corrected chi connectivity index (χ0v) is 9.24. The van der Waals surface area contributed by atoms with E-state index in [0.717, 1.165) is 37.4 Å². The number of aryl methyl sites for hydroxylation is 1. The first kappa shape index (κ1) is 10.7. The Hall–Kier alpha value is -0.800. The number of ether oxygens (including phenoxy) is 1. The van der Waals surface area contributed by atoms with E-state index in [1.165, 1.54) is 0 Å². The van der Waals surface area contributed by atoms with E-state index in [9.17, 15) is 0 Å². The Morgan fingerprint density at radius 2 is 2.33 bits per heavy atom. The van der Waals surface area contributed by atoms with Crippen LogP contribution in [0.4, 0.5) is 0 Å². The van der Waals surface area contributed by atoms with Crippen molar-refractivity contribution < 1.29 is 9.15 Å². The topological polar surface area (TPSA) is 48.4 Å². The van der Waals surface area contributed by atoms with E-state index in [0.29, 0.717) is 12.5 Å². The second kappa shape index (κ2) is 4.81. The molecule has 2 unspecified atom stereocenters. The first-order chi connectivity index (χ1) is 7.35. The quantitative estimate of drug-likeness (QED) is 0.830. The van der Waals surface area contributed by atoms with Crippen molar-refractivity contribution in [3.8, 4) is 0 Å². The molecule has 1 fully saturated rings. The average molecular weight is 209 g/mol. The van der Waals surface area contributed by atoms with Crippen LogP contribution in [-0.4, -0.2) is 13.2 Å². The lowest BCUT2D eigenvalue weighted by Gasteiger charge is -2.29. The molecule has 1 saturated heterocycles. The van der Waals surface area contributed by atoms with Crippen molar-refractivity contribution in [2.45, 2.75) is 32.3 Å². The third kappa shape index (κ3) is 2.24. The minimum absolute atomic E-state index is 0.0732. The SMILES string of the molecule is CCc1ccc(C2OCCCC2CN)o1. The third-order valence-corrected chi connectivity index (χ3v) is 3.06. The summed E-state index contributed by atoms with van der Waals surface area (Å²) in [5, 5.41) is 0. The van der Waals surface area contributed by atoms with Crippen molar-refractivity contribution in [3.05, 3.63) is 23.7 Å². The lowest BCUT2D eigenvalue weighted by molar-refractivity contribution is -0.0375. The van der Waals surface area contributed by atoms with Crippen LogP contribution in [0.2, 0.25) is 0 Å². The van der Waals surface area contributed by atoms with E-state index in [-0.39, 0.29) is 6.10 Å². The van der Waals surface area contributed by atoms with Crippen LogP contribution in [0.5, 0.6) is 0 Å². The van der Waals surface area contributed by atoms with Crippen molar-refractivity contribution in [3.63, 3.8) is 0 Å².